The van der Waals surface area contributed by atoms with Gasteiger partial charge in [0.15, 0.2) is 40.6 Å². The van der Waals surface area contributed by atoms with E-state index in [9.17, 15) is 51.5 Å². The van der Waals surface area contributed by atoms with E-state index in [0.717, 1.165) is 217 Å². The van der Waals surface area contributed by atoms with Gasteiger partial charge in [0.25, 0.3) is 0 Å². The SMILES string of the molecule is O=C1CC(=O)/C(=C/c2ccnc(N3CCC(CCCc4ccc(-c5ccc(Cl)cc5Cl)o4)CC3)n2)S1.O=C1CC(=O)/C(=C/c2ccnc(N3CCC(CCCc4ccc(F)c(F)c4F)CC3)n2)S1.O=C1CC(=O)/C(=C/c2ccnc(N3CCC(CCCc4ccco4)CC3)n2)S1.O=C1CC(=O)/C(=C/c2ccnc(N3CCC(CCCc4cccs4)CC3)n2)S1. The van der Waals surface area contributed by atoms with Crippen LogP contribution in [0, 0.1) is 41.1 Å². The standard InChI is InChI=1S/C27H25Cl2N3O3S.C23H22F3N3O2S.C21H23N3O3S.C21H23N3O2S2/c28-18-4-6-21(22(29)14-18)24-7-5-20(35-24)3-1-2-17-9-12-32(13-10-17)27-30-11-8-19(31-27)15-25-23(33)16-26(34)36-25;24-17-5-4-15(21(25)22(17)26)3-1-2-14-7-10-29(11-8-14)23-27-9-6-16(28-23)12-19-18(30)13-20(31)32-19;2*25-18-14-20(26)28-19(18)13-16-6-9-22-21(23-16)24-10-7-15(8-11-24)3-1-4-17-5-2-12-27-17/h4-8,11,14-15,17H,1-3,9-10,12-13,16H2;4-6,9,12,14H,1-3,7-8,10-11,13H2;2*2,5-6,9,12-13,15H,1,3-4,7-8,10-11,14H2/b25-15-;19-12-;2*19-13-. The Labute approximate surface area is 748 Å². The Kier molecular flexibility index (Phi) is 32.5. The lowest BCUT2D eigenvalue weighted by atomic mass is 9.91. The van der Waals surface area contributed by atoms with E-state index in [0.29, 0.717) is 101 Å². The Hall–Kier alpha value is -9.69. The lowest BCUT2D eigenvalue weighted by molar-refractivity contribution is -0.120. The number of hydrogen-bond acceptors (Lipinski definition) is 27. The quantitative estimate of drug-likeness (QED) is 0.0292. The molecule has 8 fully saturated rings. The van der Waals surface area contributed by atoms with Crippen molar-refractivity contribution in [1.82, 2.24) is 39.9 Å². The molecule has 124 heavy (non-hydrogen) atoms. The van der Waals surface area contributed by atoms with E-state index in [4.69, 9.17) is 32.0 Å². The Bertz CT molecular complexity index is 5310. The van der Waals surface area contributed by atoms with Crippen LogP contribution in [-0.4, -0.2) is 136 Å². The van der Waals surface area contributed by atoms with E-state index in [1.165, 1.54) is 49.5 Å². The van der Waals surface area contributed by atoms with Gasteiger partial charge in [-0.05, 0) is 300 Å². The number of thioether (sulfide) groups is 4. The van der Waals surface area contributed by atoms with Crippen molar-refractivity contribution in [2.45, 2.75) is 154 Å². The first kappa shape index (κ1) is 90.6. The number of aryl methyl sites for hydroxylation is 4. The highest BCUT2D eigenvalue weighted by Gasteiger charge is 2.32. The number of carbonyl (C=O) groups excluding carboxylic acids is 8. The van der Waals surface area contributed by atoms with Crippen molar-refractivity contribution in [1.29, 1.82) is 0 Å². The molecule has 8 saturated heterocycles. The summed E-state index contributed by atoms with van der Waals surface area (Å²) in [5.74, 6) is 3.90. The van der Waals surface area contributed by atoms with Gasteiger partial charge in [-0.15, -0.1) is 11.3 Å². The number of Topliss-reactive ketones (excluding diaryl/α,β-unsaturated/α-hetero) is 4. The zero-order valence-electron chi connectivity index (χ0n) is 68.3. The zero-order valence-corrected chi connectivity index (χ0v) is 73.8. The monoisotopic (exact) mass is 1810 g/mol. The summed E-state index contributed by atoms with van der Waals surface area (Å²) < 4.78 is 51.6. The first-order valence-electron chi connectivity index (χ1n) is 42.0. The molecule has 17 rings (SSSR count). The van der Waals surface area contributed by atoms with Gasteiger partial charge in [-0.1, -0.05) is 35.3 Å². The molecule has 22 nitrogen and oxygen atoms in total. The van der Waals surface area contributed by atoms with Crippen molar-refractivity contribution in [3.8, 4) is 11.3 Å². The maximum atomic E-state index is 13.8. The Morgan fingerprint density at radius 3 is 1.15 bits per heavy atom. The number of piperidine rings is 4. The largest absolute Gasteiger partial charge is 0.469 e. The molecule has 0 aliphatic carbocycles. The number of anilines is 4. The Balaban J connectivity index is 0.000000135. The molecule has 0 amide bonds. The summed E-state index contributed by atoms with van der Waals surface area (Å²) in [5, 5.41) is 2.90. The predicted molar refractivity (Wildman–Crippen MR) is 484 cm³/mol. The number of halogens is 5. The molecular weight excluding hydrogens is 1720 g/mol. The van der Waals surface area contributed by atoms with E-state index >= 15 is 0 Å². The number of furan rings is 2. The average molecular weight is 1820 g/mol. The molecule has 9 aromatic rings. The van der Waals surface area contributed by atoms with E-state index < -0.39 is 17.5 Å². The second-order valence-corrected chi connectivity index (χ2v) is 37.9. The topological polar surface area (TPSA) is 279 Å². The molecule has 0 radical (unpaired) electrons. The Morgan fingerprint density at radius 1 is 0.411 bits per heavy atom. The fourth-order valence-corrected chi connectivity index (χ4v) is 20.6. The van der Waals surface area contributed by atoms with Gasteiger partial charge in [0.1, 0.15) is 17.3 Å². The van der Waals surface area contributed by atoms with Crippen LogP contribution >= 0.6 is 81.6 Å². The fraction of sp³-hybridized carbons (Fsp3) is 0.391. The van der Waals surface area contributed by atoms with Crippen LogP contribution in [0.25, 0.3) is 35.6 Å². The third-order valence-electron chi connectivity index (χ3n) is 22.9. The van der Waals surface area contributed by atoms with Crippen molar-refractivity contribution >= 4 is 173 Å². The molecule has 0 bridgehead atoms. The molecule has 8 aliphatic rings. The first-order valence-corrected chi connectivity index (χ1v) is 46.9. The number of ketones is 4. The first-order chi connectivity index (χ1) is 60.2. The highest BCUT2D eigenvalue weighted by molar-refractivity contribution is 8.19. The molecule has 0 saturated carbocycles. The second-order valence-electron chi connectivity index (χ2n) is 31.6. The van der Waals surface area contributed by atoms with Crippen LogP contribution in [0.1, 0.15) is 173 Å². The number of hydrogen-bond donors (Lipinski definition) is 0. The lowest BCUT2D eigenvalue weighted by Gasteiger charge is -2.32. The van der Waals surface area contributed by atoms with Crippen molar-refractivity contribution in [2.24, 2.45) is 23.7 Å². The maximum absolute atomic E-state index is 13.8. The van der Waals surface area contributed by atoms with Gasteiger partial charge in [-0.2, -0.15) is 0 Å². The summed E-state index contributed by atoms with van der Waals surface area (Å²) in [6.45, 7) is 7.17. The Morgan fingerprint density at radius 2 is 0.798 bits per heavy atom. The highest BCUT2D eigenvalue weighted by Crippen LogP contribution is 2.38. The van der Waals surface area contributed by atoms with Crippen molar-refractivity contribution in [2.75, 3.05) is 72.0 Å². The van der Waals surface area contributed by atoms with Gasteiger partial charge in [-0.3, -0.25) is 38.4 Å². The van der Waals surface area contributed by atoms with Gasteiger partial charge in [0.2, 0.25) is 44.3 Å². The molecule has 2 aromatic carbocycles. The molecule has 7 aromatic heterocycles. The van der Waals surface area contributed by atoms with Crippen molar-refractivity contribution in [3.05, 3.63) is 219 Å². The van der Waals surface area contributed by atoms with Crippen LogP contribution in [0.15, 0.2) is 156 Å². The second kappa shape index (κ2) is 44.5. The third-order valence-corrected chi connectivity index (χ3v) is 28.1. The minimum Gasteiger partial charge on any atom is -0.469 e. The molecule has 0 spiro atoms. The summed E-state index contributed by atoms with van der Waals surface area (Å²) in [5.41, 5.74) is 3.68. The van der Waals surface area contributed by atoms with Gasteiger partial charge >= 0.3 is 0 Å². The minimum atomic E-state index is -1.41. The summed E-state index contributed by atoms with van der Waals surface area (Å²) in [6.07, 6.45) is 36.0. The minimum absolute atomic E-state index is 0.00552. The molecule has 8 aliphatic heterocycles. The number of benzene rings is 2. The lowest BCUT2D eigenvalue weighted by Crippen LogP contribution is -2.35. The average Bonchev–Trinajstić information content (AvgIpc) is 1.71. The van der Waals surface area contributed by atoms with Crippen LogP contribution in [-0.2, 0) is 64.0 Å². The van der Waals surface area contributed by atoms with Crippen LogP contribution in [0.5, 0.6) is 0 Å². The van der Waals surface area contributed by atoms with Crippen LogP contribution in [0.3, 0.4) is 0 Å². The summed E-state index contributed by atoms with van der Waals surface area (Å²) >= 11 is 18.1. The van der Waals surface area contributed by atoms with Gasteiger partial charge in [0.05, 0.1) is 79.4 Å². The number of nitrogens with zero attached hydrogens (tertiary/aromatic N) is 12. The van der Waals surface area contributed by atoms with Gasteiger partial charge in [0, 0.05) is 105 Å². The molecule has 15 heterocycles. The summed E-state index contributed by atoms with van der Waals surface area (Å²) in [4.78, 5) is 141. The van der Waals surface area contributed by atoms with Crippen LogP contribution in [0.4, 0.5) is 37.0 Å². The summed E-state index contributed by atoms with van der Waals surface area (Å²) in [7, 11) is 0. The van der Waals surface area contributed by atoms with Gasteiger partial charge < -0.3 is 28.4 Å². The zero-order chi connectivity index (χ0) is 86.4. The number of aromatic nitrogens is 8. The molecule has 0 atom stereocenters. The molecule has 0 N–H and O–H groups in total. The molecular formula is C92H93Cl2F3N12O10S5. The number of allylic oxidation sites excluding steroid dienone is 4. The third kappa shape index (κ3) is 26.0. The molecule has 0 unspecified atom stereocenters. The number of rotatable bonds is 25. The van der Waals surface area contributed by atoms with Crippen LogP contribution in [0.2, 0.25) is 10.0 Å². The van der Waals surface area contributed by atoms with Gasteiger partial charge in [-0.25, -0.2) is 53.0 Å². The molecule has 32 heteroatoms. The number of carbonyl (C=O) groups is 8. The predicted octanol–water partition coefficient (Wildman–Crippen LogP) is 19.8. The number of thiophene rings is 1. The van der Waals surface area contributed by atoms with E-state index in [1.807, 2.05) is 47.7 Å². The van der Waals surface area contributed by atoms with E-state index in [1.54, 1.807) is 85.7 Å². The van der Waals surface area contributed by atoms with E-state index in [2.05, 4.69) is 77.0 Å². The molecule has 646 valence electrons. The van der Waals surface area contributed by atoms with Crippen molar-refractivity contribution < 1.29 is 60.4 Å². The fourth-order valence-electron chi connectivity index (χ4n) is 16.1. The smallest absolute Gasteiger partial charge is 0.225 e. The normalized spacial score (nSPS) is 18.9. The summed E-state index contributed by atoms with van der Waals surface area (Å²) in [6, 6.07) is 27.0. The van der Waals surface area contributed by atoms with Crippen LogP contribution < -0.4 is 19.6 Å². The van der Waals surface area contributed by atoms with Crippen molar-refractivity contribution in [3.63, 3.8) is 0 Å². The van der Waals surface area contributed by atoms with E-state index in [-0.39, 0.29) is 74.8 Å². The highest BCUT2D eigenvalue weighted by atomic mass is 35.5. The maximum Gasteiger partial charge on any atom is 0.225 e.